The van der Waals surface area contributed by atoms with Crippen LogP contribution in [-0.4, -0.2) is 6.29 Å². The maximum atomic E-state index is 10.8. The smallest absolute Gasteiger partial charge is 0.129 e. The van der Waals surface area contributed by atoms with Gasteiger partial charge in [0.15, 0.2) is 0 Å². The van der Waals surface area contributed by atoms with Gasteiger partial charge in [-0.25, -0.2) is 0 Å². The Morgan fingerprint density at radius 1 is 1.14 bits per heavy atom. The van der Waals surface area contributed by atoms with E-state index in [-0.39, 0.29) is 5.92 Å². The summed E-state index contributed by atoms with van der Waals surface area (Å²) in [4.78, 5) is 10.8. The minimum absolute atomic E-state index is 0.268. The highest BCUT2D eigenvalue weighted by Gasteiger charge is 2.10. The van der Waals surface area contributed by atoms with Crippen LogP contribution in [0.3, 0.4) is 0 Å². The second kappa shape index (κ2) is 6.62. The molecule has 21 heavy (non-hydrogen) atoms. The topological polar surface area (TPSA) is 50.1 Å². The molecule has 0 heterocycles. The highest BCUT2D eigenvalue weighted by Crippen LogP contribution is 2.31. The predicted molar refractivity (Wildman–Crippen MR) is 82.2 cm³/mol. The van der Waals surface area contributed by atoms with Crippen molar-refractivity contribution in [1.29, 1.82) is 5.26 Å². The zero-order chi connectivity index (χ0) is 15.4. The highest BCUT2D eigenvalue weighted by atomic mass is 35.5. The summed E-state index contributed by atoms with van der Waals surface area (Å²) in [6.07, 6.45) is 0.835. The molecule has 1 unspecified atom stereocenters. The quantitative estimate of drug-likeness (QED) is 0.748. The fraction of sp³-hybridized carbons (Fsp3) is 0.125. The summed E-state index contributed by atoms with van der Waals surface area (Å²) in [5, 5.41) is 9.61. The number of aldehydes is 1. The third kappa shape index (κ3) is 3.55. The Kier molecular flexibility index (Phi) is 4.85. The predicted octanol–water partition coefficient (Wildman–Crippen LogP) is 4.96. The van der Waals surface area contributed by atoms with Gasteiger partial charge in [0.25, 0.3) is 0 Å². The van der Waals surface area contributed by atoms with Crippen LogP contribution < -0.4 is 4.74 Å². The number of nitriles is 1. The van der Waals surface area contributed by atoms with Gasteiger partial charge in [-0.05, 0) is 29.8 Å². The number of ether oxygens (including phenoxy) is 1. The van der Waals surface area contributed by atoms with Gasteiger partial charge in [0, 0.05) is 17.0 Å². The lowest BCUT2D eigenvalue weighted by atomic mass is 10.0. The van der Waals surface area contributed by atoms with Crippen molar-refractivity contribution < 1.29 is 9.53 Å². The molecule has 3 nitrogen and oxygen atoms in total. The van der Waals surface area contributed by atoms with Crippen LogP contribution >= 0.6 is 23.2 Å². The van der Waals surface area contributed by atoms with Gasteiger partial charge >= 0.3 is 0 Å². The number of benzene rings is 2. The summed E-state index contributed by atoms with van der Waals surface area (Å²) in [5.41, 5.74) is 1.13. The summed E-state index contributed by atoms with van der Waals surface area (Å²) in [6, 6.07) is 11.9. The van der Waals surface area contributed by atoms with Crippen molar-refractivity contribution in [3.63, 3.8) is 0 Å². The lowest BCUT2D eigenvalue weighted by molar-refractivity contribution is -0.108. The monoisotopic (exact) mass is 319 g/mol. The average molecular weight is 320 g/mol. The molecule has 0 saturated carbocycles. The third-order valence-electron chi connectivity index (χ3n) is 2.96. The Balaban J connectivity index is 2.24. The Hall–Kier alpha value is -2.02. The normalized spacial score (nSPS) is 11.5. The highest BCUT2D eigenvalue weighted by molar-refractivity contribution is 6.32. The van der Waals surface area contributed by atoms with Gasteiger partial charge in [0.05, 0.1) is 10.6 Å². The molecule has 0 N–H and O–H groups in total. The number of halogens is 2. The van der Waals surface area contributed by atoms with Gasteiger partial charge in [-0.15, -0.1) is 0 Å². The summed E-state index contributed by atoms with van der Waals surface area (Å²) in [6.45, 7) is 1.77. The fourth-order valence-corrected chi connectivity index (χ4v) is 2.36. The van der Waals surface area contributed by atoms with E-state index in [9.17, 15) is 4.79 Å². The molecular formula is C16H11Cl2NO2. The second-order valence-electron chi connectivity index (χ2n) is 4.46. The number of hydrogen-bond acceptors (Lipinski definition) is 3. The Morgan fingerprint density at radius 3 is 2.29 bits per heavy atom. The zero-order valence-electron chi connectivity index (χ0n) is 11.1. The van der Waals surface area contributed by atoms with Crippen molar-refractivity contribution in [3.8, 4) is 17.6 Å². The maximum Gasteiger partial charge on any atom is 0.129 e. The lowest BCUT2D eigenvalue weighted by Crippen LogP contribution is -1.95. The Morgan fingerprint density at radius 2 is 1.76 bits per heavy atom. The zero-order valence-corrected chi connectivity index (χ0v) is 12.7. The van der Waals surface area contributed by atoms with E-state index in [1.54, 1.807) is 43.3 Å². The molecule has 2 aromatic carbocycles. The van der Waals surface area contributed by atoms with Crippen molar-refractivity contribution >= 4 is 29.5 Å². The fourth-order valence-electron chi connectivity index (χ4n) is 1.80. The van der Waals surface area contributed by atoms with E-state index in [4.69, 9.17) is 33.2 Å². The minimum atomic E-state index is -0.268. The number of carbonyl (C=O) groups excluding carboxylic acids is 1. The van der Waals surface area contributed by atoms with Crippen molar-refractivity contribution in [1.82, 2.24) is 0 Å². The van der Waals surface area contributed by atoms with Crippen molar-refractivity contribution in [2.45, 2.75) is 12.8 Å². The van der Waals surface area contributed by atoms with Crippen molar-refractivity contribution in [2.75, 3.05) is 0 Å². The average Bonchev–Trinajstić information content (AvgIpc) is 2.47. The van der Waals surface area contributed by atoms with E-state index in [2.05, 4.69) is 0 Å². The molecule has 1 atom stereocenters. The van der Waals surface area contributed by atoms with E-state index in [0.717, 1.165) is 11.8 Å². The standard InChI is InChI=1S/C16H11Cl2NO2/c1-10(9-20)14-5-4-13(7-16(14)18)21-12-3-2-11(8-19)15(17)6-12/h2-7,9-10H,1H3. The van der Waals surface area contributed by atoms with Crippen LogP contribution in [0.1, 0.15) is 24.0 Å². The van der Waals surface area contributed by atoms with Gasteiger partial charge in [0.2, 0.25) is 0 Å². The summed E-state index contributed by atoms with van der Waals surface area (Å²) in [7, 11) is 0. The number of hydrogen-bond donors (Lipinski definition) is 0. The van der Waals surface area contributed by atoms with E-state index in [1.165, 1.54) is 0 Å². The summed E-state index contributed by atoms with van der Waals surface area (Å²) in [5.74, 6) is 0.768. The van der Waals surface area contributed by atoms with Crippen LogP contribution in [0.2, 0.25) is 10.0 Å². The molecule has 2 rings (SSSR count). The van der Waals surface area contributed by atoms with Crippen LogP contribution in [0, 0.1) is 11.3 Å². The summed E-state index contributed by atoms with van der Waals surface area (Å²) < 4.78 is 5.64. The SMILES string of the molecule is CC(C=O)c1ccc(Oc2ccc(C#N)c(Cl)c2)cc1Cl. The van der Waals surface area contributed by atoms with Crippen molar-refractivity contribution in [3.05, 3.63) is 57.6 Å². The summed E-state index contributed by atoms with van der Waals surface area (Å²) >= 11 is 12.1. The molecule has 0 amide bonds. The molecule has 0 aromatic heterocycles. The van der Waals surface area contributed by atoms with E-state index < -0.39 is 0 Å². The molecule has 0 fully saturated rings. The van der Waals surface area contributed by atoms with Gasteiger partial charge < -0.3 is 9.53 Å². The molecule has 0 saturated heterocycles. The Bertz CT molecular complexity index is 723. The van der Waals surface area contributed by atoms with E-state index in [1.807, 2.05) is 6.07 Å². The van der Waals surface area contributed by atoms with Gasteiger partial charge in [-0.3, -0.25) is 0 Å². The van der Waals surface area contributed by atoms with Crippen LogP contribution in [-0.2, 0) is 4.79 Å². The molecule has 106 valence electrons. The number of nitrogens with zero attached hydrogens (tertiary/aromatic N) is 1. The van der Waals surface area contributed by atoms with E-state index in [0.29, 0.717) is 27.1 Å². The van der Waals surface area contributed by atoms with E-state index >= 15 is 0 Å². The first-order valence-corrected chi connectivity index (χ1v) is 6.93. The second-order valence-corrected chi connectivity index (χ2v) is 5.28. The maximum absolute atomic E-state index is 10.8. The van der Waals surface area contributed by atoms with Crippen LogP contribution in [0.25, 0.3) is 0 Å². The third-order valence-corrected chi connectivity index (χ3v) is 3.60. The minimum Gasteiger partial charge on any atom is -0.457 e. The first kappa shape index (κ1) is 15.4. The molecule has 0 spiro atoms. The van der Waals surface area contributed by atoms with Crippen LogP contribution in [0.15, 0.2) is 36.4 Å². The number of rotatable bonds is 4. The molecule has 0 aliphatic heterocycles. The molecular weight excluding hydrogens is 309 g/mol. The van der Waals surface area contributed by atoms with Crippen LogP contribution in [0.5, 0.6) is 11.5 Å². The van der Waals surface area contributed by atoms with Crippen molar-refractivity contribution in [2.24, 2.45) is 0 Å². The first-order chi connectivity index (χ1) is 10.0. The molecule has 5 heteroatoms. The molecule has 2 aromatic rings. The first-order valence-electron chi connectivity index (χ1n) is 6.17. The van der Waals surface area contributed by atoms with Gasteiger partial charge in [-0.2, -0.15) is 5.26 Å². The molecule has 0 aliphatic rings. The number of carbonyl (C=O) groups is 1. The Labute approximate surface area is 132 Å². The van der Waals surface area contributed by atoms with Crippen LogP contribution in [0.4, 0.5) is 0 Å². The van der Waals surface area contributed by atoms with Gasteiger partial charge in [-0.1, -0.05) is 36.2 Å². The molecule has 0 radical (unpaired) electrons. The molecule has 0 aliphatic carbocycles. The largest absolute Gasteiger partial charge is 0.457 e. The lowest BCUT2D eigenvalue weighted by Gasteiger charge is -2.11. The molecule has 0 bridgehead atoms. The van der Waals surface area contributed by atoms with Gasteiger partial charge in [0.1, 0.15) is 23.9 Å².